The van der Waals surface area contributed by atoms with Gasteiger partial charge in [-0.1, -0.05) is 30.3 Å². The summed E-state index contributed by atoms with van der Waals surface area (Å²) < 4.78 is 6.13. The van der Waals surface area contributed by atoms with Gasteiger partial charge in [0.25, 0.3) is 0 Å². The van der Waals surface area contributed by atoms with Gasteiger partial charge >= 0.3 is 0 Å². The predicted octanol–water partition coefficient (Wildman–Crippen LogP) is 3.60. The Bertz CT molecular complexity index is 769. The normalized spacial score (nSPS) is 25.7. The number of aromatic amines is 1. The highest BCUT2D eigenvalue weighted by Crippen LogP contribution is 2.45. The first-order valence-electron chi connectivity index (χ1n) is 8.58. The molecule has 3 aliphatic rings. The van der Waals surface area contributed by atoms with Crippen LogP contribution in [0.2, 0.25) is 0 Å². The Kier molecular flexibility index (Phi) is 2.89. The molecule has 2 N–H and O–H groups in total. The van der Waals surface area contributed by atoms with Crippen LogP contribution in [0.25, 0.3) is 0 Å². The lowest BCUT2D eigenvalue weighted by atomic mass is 9.81. The van der Waals surface area contributed by atoms with Gasteiger partial charge in [-0.25, -0.2) is 4.99 Å². The van der Waals surface area contributed by atoms with E-state index in [1.807, 2.05) is 6.07 Å². The largest absolute Gasteiger partial charge is 0.375 e. The third kappa shape index (κ3) is 2.12. The first-order valence-corrected chi connectivity index (χ1v) is 8.58. The molecular formula is C19H21N3O. The fourth-order valence-electron chi connectivity index (χ4n) is 4.23. The van der Waals surface area contributed by atoms with Gasteiger partial charge in [-0.2, -0.15) is 0 Å². The molecule has 0 bridgehead atoms. The summed E-state index contributed by atoms with van der Waals surface area (Å²) >= 11 is 0. The van der Waals surface area contributed by atoms with Gasteiger partial charge in [0.1, 0.15) is 11.5 Å². The van der Waals surface area contributed by atoms with Crippen molar-refractivity contribution in [3.8, 4) is 0 Å². The second-order valence-corrected chi connectivity index (χ2v) is 6.90. The Hall–Kier alpha value is -2.07. The molecule has 1 atom stereocenters. The lowest BCUT2D eigenvalue weighted by molar-refractivity contribution is -0.00662. The van der Waals surface area contributed by atoms with E-state index in [9.17, 15) is 0 Å². The number of aromatic nitrogens is 1. The molecule has 3 heterocycles. The van der Waals surface area contributed by atoms with Crippen molar-refractivity contribution in [2.45, 2.75) is 37.7 Å². The molecule has 5 rings (SSSR count). The Balaban J connectivity index is 1.56. The van der Waals surface area contributed by atoms with Crippen molar-refractivity contribution in [2.75, 3.05) is 18.5 Å². The summed E-state index contributed by atoms with van der Waals surface area (Å²) in [7, 11) is 0. The van der Waals surface area contributed by atoms with Gasteiger partial charge in [0.05, 0.1) is 17.9 Å². The van der Waals surface area contributed by atoms with Gasteiger partial charge in [-0.05, 0) is 31.2 Å². The van der Waals surface area contributed by atoms with Gasteiger partial charge in [-0.15, -0.1) is 0 Å². The van der Waals surface area contributed by atoms with Crippen LogP contribution >= 0.6 is 0 Å². The summed E-state index contributed by atoms with van der Waals surface area (Å²) in [5.41, 5.74) is 6.22. The number of nitrogens with one attached hydrogen (secondary N) is 2. The molecule has 1 aromatic carbocycles. The molecule has 1 aliphatic carbocycles. The number of nitrogens with zero attached hydrogens (tertiary/aromatic N) is 1. The van der Waals surface area contributed by atoms with Crippen molar-refractivity contribution in [1.29, 1.82) is 0 Å². The van der Waals surface area contributed by atoms with E-state index in [0.717, 1.165) is 49.6 Å². The molecule has 1 spiro atoms. The maximum Gasteiger partial charge on any atom is 0.130 e. The van der Waals surface area contributed by atoms with Gasteiger partial charge in [-0.3, -0.25) is 0 Å². The van der Waals surface area contributed by atoms with Crippen LogP contribution in [-0.4, -0.2) is 29.4 Å². The van der Waals surface area contributed by atoms with Crippen molar-refractivity contribution >= 4 is 17.2 Å². The number of anilines is 1. The van der Waals surface area contributed by atoms with Crippen LogP contribution in [0.1, 0.15) is 36.1 Å². The Labute approximate surface area is 136 Å². The first-order chi connectivity index (χ1) is 11.3. The molecular weight excluding hydrogens is 286 g/mol. The zero-order valence-electron chi connectivity index (χ0n) is 13.2. The van der Waals surface area contributed by atoms with E-state index in [2.05, 4.69) is 34.6 Å². The predicted molar refractivity (Wildman–Crippen MR) is 91.9 cm³/mol. The van der Waals surface area contributed by atoms with Crippen LogP contribution < -0.4 is 5.32 Å². The van der Waals surface area contributed by atoms with E-state index in [-0.39, 0.29) is 5.60 Å². The maximum absolute atomic E-state index is 6.13. The van der Waals surface area contributed by atoms with Crippen LogP contribution in [0.15, 0.2) is 35.3 Å². The van der Waals surface area contributed by atoms with E-state index >= 15 is 0 Å². The summed E-state index contributed by atoms with van der Waals surface area (Å²) in [6, 6.07) is 10.5. The van der Waals surface area contributed by atoms with Crippen molar-refractivity contribution in [3.63, 3.8) is 0 Å². The van der Waals surface area contributed by atoms with Gasteiger partial charge in [0.2, 0.25) is 0 Å². The Morgan fingerprint density at radius 2 is 2.04 bits per heavy atom. The molecule has 1 unspecified atom stereocenters. The lowest BCUT2D eigenvalue weighted by Crippen LogP contribution is -2.34. The summed E-state index contributed by atoms with van der Waals surface area (Å²) in [6.45, 7) is 1.69. The lowest BCUT2D eigenvalue weighted by Gasteiger charge is -2.32. The number of hydrogen-bond acceptors (Lipinski definition) is 3. The summed E-state index contributed by atoms with van der Waals surface area (Å²) in [5.74, 6) is 1.09. The number of H-pyrrole nitrogens is 1. The minimum Gasteiger partial charge on any atom is -0.375 e. The molecule has 118 valence electrons. The molecule has 2 aromatic rings. The van der Waals surface area contributed by atoms with E-state index < -0.39 is 0 Å². The van der Waals surface area contributed by atoms with Crippen molar-refractivity contribution < 1.29 is 4.74 Å². The SMILES string of the molecule is c1ccc(C2=Nc3c([nH]c4c3CC3(CCCO3)CC4)NC2)cc1. The molecule has 1 aromatic heterocycles. The van der Waals surface area contributed by atoms with E-state index in [0.29, 0.717) is 0 Å². The molecule has 2 aliphatic heterocycles. The summed E-state index contributed by atoms with van der Waals surface area (Å²) in [6.07, 6.45) is 5.59. The number of hydrogen-bond donors (Lipinski definition) is 2. The minimum absolute atomic E-state index is 0.0723. The van der Waals surface area contributed by atoms with Crippen molar-refractivity contribution in [1.82, 2.24) is 4.98 Å². The van der Waals surface area contributed by atoms with E-state index in [1.54, 1.807) is 0 Å². The van der Waals surface area contributed by atoms with E-state index in [4.69, 9.17) is 9.73 Å². The topological polar surface area (TPSA) is 49.4 Å². The molecule has 4 heteroatoms. The molecule has 4 nitrogen and oxygen atoms in total. The van der Waals surface area contributed by atoms with Crippen LogP contribution in [0, 0.1) is 0 Å². The van der Waals surface area contributed by atoms with Crippen LogP contribution in [-0.2, 0) is 17.6 Å². The second kappa shape index (κ2) is 4.96. The number of aryl methyl sites for hydroxylation is 1. The molecule has 1 saturated heterocycles. The number of ether oxygens (including phenoxy) is 1. The number of aliphatic imine (C=N–C) groups is 1. The average Bonchev–Trinajstić information content (AvgIpc) is 3.20. The van der Waals surface area contributed by atoms with Crippen LogP contribution in [0.3, 0.4) is 0 Å². The average molecular weight is 307 g/mol. The Morgan fingerprint density at radius 1 is 1.13 bits per heavy atom. The third-order valence-electron chi connectivity index (χ3n) is 5.46. The highest BCUT2D eigenvalue weighted by Gasteiger charge is 2.40. The number of benzene rings is 1. The fraction of sp³-hybridized carbons (Fsp3) is 0.421. The van der Waals surface area contributed by atoms with Gasteiger partial charge < -0.3 is 15.0 Å². The van der Waals surface area contributed by atoms with Gasteiger partial charge in [0, 0.05) is 24.3 Å². The highest BCUT2D eigenvalue weighted by molar-refractivity contribution is 6.07. The quantitative estimate of drug-likeness (QED) is 0.845. The van der Waals surface area contributed by atoms with Gasteiger partial charge in [0.15, 0.2) is 0 Å². The van der Waals surface area contributed by atoms with Crippen molar-refractivity contribution in [2.24, 2.45) is 4.99 Å². The van der Waals surface area contributed by atoms with Crippen molar-refractivity contribution in [3.05, 3.63) is 47.2 Å². The maximum atomic E-state index is 6.13. The standard InChI is InChI=1S/C19H21N3O/c1-2-5-13(6-3-1)16-12-20-18-17(21-16)14-11-19(8-4-10-23-19)9-7-15(14)22-18/h1-3,5-6,20,22H,4,7-12H2. The monoisotopic (exact) mass is 307 g/mol. The summed E-state index contributed by atoms with van der Waals surface area (Å²) in [4.78, 5) is 8.57. The fourth-order valence-corrected chi connectivity index (χ4v) is 4.23. The third-order valence-corrected chi connectivity index (χ3v) is 5.46. The molecule has 1 fully saturated rings. The van der Waals surface area contributed by atoms with E-state index in [1.165, 1.54) is 29.7 Å². The molecule has 0 amide bonds. The first kappa shape index (κ1) is 13.4. The molecule has 0 saturated carbocycles. The number of fused-ring (bicyclic) bond motifs is 3. The highest BCUT2D eigenvalue weighted by atomic mass is 16.5. The molecule has 0 radical (unpaired) electrons. The Morgan fingerprint density at radius 3 is 2.87 bits per heavy atom. The second-order valence-electron chi connectivity index (χ2n) is 6.90. The molecule has 23 heavy (non-hydrogen) atoms. The number of rotatable bonds is 1. The zero-order chi connectivity index (χ0) is 15.3. The summed E-state index contributed by atoms with van der Waals surface area (Å²) in [5, 5.41) is 3.52. The van der Waals surface area contributed by atoms with Crippen LogP contribution in [0.5, 0.6) is 0 Å². The smallest absolute Gasteiger partial charge is 0.130 e. The van der Waals surface area contributed by atoms with Crippen LogP contribution in [0.4, 0.5) is 11.5 Å². The zero-order valence-corrected chi connectivity index (χ0v) is 13.2. The minimum atomic E-state index is 0.0723.